The number of H-pyrrole nitrogens is 2. The smallest absolute Gasteiger partial charge is 0.272 e. The van der Waals surface area contributed by atoms with Gasteiger partial charge in [0.2, 0.25) is 0 Å². The van der Waals surface area contributed by atoms with Crippen molar-refractivity contribution in [1.29, 1.82) is 5.26 Å². The predicted octanol–water partition coefficient (Wildman–Crippen LogP) is 2.22. The largest absolute Gasteiger partial charge is 0.325 e. The molecule has 4 aromatic rings. The number of nitrogens with one attached hydrogen (secondary N) is 2. The summed E-state index contributed by atoms with van der Waals surface area (Å²) in [5, 5.41) is 25.0. The van der Waals surface area contributed by atoms with Gasteiger partial charge in [-0.1, -0.05) is 48.4 Å². The molecule has 1 radical (unpaired) electrons. The van der Waals surface area contributed by atoms with Gasteiger partial charge in [-0.05, 0) is 17.7 Å². The van der Waals surface area contributed by atoms with E-state index in [1.54, 1.807) is 12.3 Å². The van der Waals surface area contributed by atoms with Crippen LogP contribution in [0.25, 0.3) is 33.2 Å². The summed E-state index contributed by atoms with van der Waals surface area (Å²) in [4.78, 5) is 12.1. The summed E-state index contributed by atoms with van der Waals surface area (Å²) < 4.78 is 0. The van der Waals surface area contributed by atoms with Crippen molar-refractivity contribution in [3.63, 3.8) is 0 Å². The fourth-order valence-electron chi connectivity index (χ4n) is 3.81. The Morgan fingerprint density at radius 3 is 2.80 bits per heavy atom. The van der Waals surface area contributed by atoms with Crippen molar-refractivity contribution in [2.45, 2.75) is 25.2 Å². The molecule has 2 heterocycles. The fraction of sp³-hybridized carbons (Fsp3) is 0.182. The number of nitriles is 1. The summed E-state index contributed by atoms with van der Waals surface area (Å²) in [5.41, 5.74) is 11.1. The number of nitrogens with two attached hydrogens (primary N) is 1. The summed E-state index contributed by atoms with van der Waals surface area (Å²) in [7, 11) is 2.18. The van der Waals surface area contributed by atoms with Crippen LogP contribution in [0.3, 0.4) is 0 Å². The third kappa shape index (κ3) is 3.10. The normalized spacial score (nSPS) is 13.3. The monoisotopic (exact) mass is 393 g/mol. The zero-order valence-electron chi connectivity index (χ0n) is 16.1. The van der Waals surface area contributed by atoms with E-state index < -0.39 is 0 Å². The van der Waals surface area contributed by atoms with E-state index in [1.165, 1.54) is 12.8 Å². The molecule has 1 aliphatic rings. The lowest BCUT2D eigenvalue weighted by molar-refractivity contribution is 0.900. The van der Waals surface area contributed by atoms with Crippen molar-refractivity contribution < 1.29 is 0 Å². The SMILES string of the molecule is N#Cc1c([B]C2CC2)cccc1-c1[nH]ncc1-c1ccc2c(=O)[nH]nc(CN)c2c1. The number of aromatic amines is 2. The first kappa shape index (κ1) is 18.3. The number of rotatable bonds is 5. The van der Waals surface area contributed by atoms with Crippen molar-refractivity contribution in [2.24, 2.45) is 5.73 Å². The molecule has 145 valence electrons. The Labute approximate surface area is 173 Å². The van der Waals surface area contributed by atoms with Gasteiger partial charge in [-0.2, -0.15) is 15.5 Å². The molecule has 30 heavy (non-hydrogen) atoms. The van der Waals surface area contributed by atoms with Gasteiger partial charge in [-0.3, -0.25) is 9.89 Å². The van der Waals surface area contributed by atoms with Gasteiger partial charge in [-0.25, -0.2) is 5.10 Å². The van der Waals surface area contributed by atoms with Crippen molar-refractivity contribution in [1.82, 2.24) is 20.4 Å². The molecule has 1 saturated carbocycles. The van der Waals surface area contributed by atoms with E-state index in [1.807, 2.05) is 30.3 Å². The maximum absolute atomic E-state index is 12.1. The van der Waals surface area contributed by atoms with Gasteiger partial charge >= 0.3 is 0 Å². The number of hydrogen-bond donors (Lipinski definition) is 3. The van der Waals surface area contributed by atoms with Crippen LogP contribution in [0, 0.1) is 11.3 Å². The minimum atomic E-state index is -0.253. The summed E-state index contributed by atoms with van der Waals surface area (Å²) in [5.74, 6) is 0.564. The lowest BCUT2D eigenvalue weighted by Gasteiger charge is -2.10. The zero-order valence-corrected chi connectivity index (χ0v) is 16.1. The molecule has 0 unspecified atom stereocenters. The topological polar surface area (TPSA) is 124 Å². The Hall–Kier alpha value is -3.70. The second-order valence-electron chi connectivity index (χ2n) is 7.51. The van der Waals surface area contributed by atoms with Crippen LogP contribution in [0.2, 0.25) is 5.82 Å². The van der Waals surface area contributed by atoms with E-state index >= 15 is 0 Å². The second-order valence-corrected chi connectivity index (χ2v) is 7.51. The molecular weight excluding hydrogens is 375 g/mol. The van der Waals surface area contributed by atoms with Gasteiger partial charge in [0.25, 0.3) is 5.56 Å². The van der Waals surface area contributed by atoms with Crippen LogP contribution >= 0.6 is 0 Å². The summed E-state index contributed by atoms with van der Waals surface area (Å²) >= 11 is 0. The molecule has 0 spiro atoms. The molecule has 0 bridgehead atoms. The van der Waals surface area contributed by atoms with E-state index in [2.05, 4.69) is 33.7 Å². The fourth-order valence-corrected chi connectivity index (χ4v) is 3.81. The summed E-state index contributed by atoms with van der Waals surface area (Å²) in [6, 6.07) is 13.8. The Bertz CT molecular complexity index is 1360. The van der Waals surface area contributed by atoms with E-state index in [9.17, 15) is 10.1 Å². The van der Waals surface area contributed by atoms with Crippen molar-refractivity contribution >= 4 is 23.5 Å². The maximum Gasteiger partial charge on any atom is 0.272 e. The van der Waals surface area contributed by atoms with Gasteiger partial charge in [0.1, 0.15) is 0 Å². The lowest BCUT2D eigenvalue weighted by atomic mass is 9.63. The number of benzene rings is 2. The quantitative estimate of drug-likeness (QED) is 0.449. The predicted molar refractivity (Wildman–Crippen MR) is 116 cm³/mol. The Kier molecular flexibility index (Phi) is 4.45. The van der Waals surface area contributed by atoms with E-state index in [-0.39, 0.29) is 12.1 Å². The molecule has 5 rings (SSSR count). The number of nitrogens with zero attached hydrogens (tertiary/aromatic N) is 3. The molecule has 8 heteroatoms. The van der Waals surface area contributed by atoms with E-state index in [4.69, 9.17) is 5.73 Å². The first-order valence-electron chi connectivity index (χ1n) is 9.83. The number of fused-ring (bicyclic) bond motifs is 1. The molecule has 4 N–H and O–H groups in total. The highest BCUT2D eigenvalue weighted by atomic mass is 16.1. The average molecular weight is 393 g/mol. The number of aromatic nitrogens is 4. The first-order valence-corrected chi connectivity index (χ1v) is 9.83. The molecule has 0 amide bonds. The van der Waals surface area contributed by atoms with Crippen LogP contribution in [0.1, 0.15) is 24.1 Å². The molecule has 1 fully saturated rings. The number of hydrogen-bond acceptors (Lipinski definition) is 5. The Balaban J connectivity index is 1.66. The van der Waals surface area contributed by atoms with Gasteiger partial charge < -0.3 is 5.73 Å². The summed E-state index contributed by atoms with van der Waals surface area (Å²) in [6.45, 7) is 0.215. The van der Waals surface area contributed by atoms with E-state index in [0.717, 1.165) is 27.8 Å². The minimum Gasteiger partial charge on any atom is -0.325 e. The first-order chi connectivity index (χ1) is 14.7. The highest BCUT2D eigenvalue weighted by molar-refractivity contribution is 6.57. The Morgan fingerprint density at radius 2 is 2.03 bits per heavy atom. The van der Waals surface area contributed by atoms with Crippen molar-refractivity contribution in [3.05, 3.63) is 64.2 Å². The van der Waals surface area contributed by atoms with Crippen LogP contribution in [0.5, 0.6) is 0 Å². The van der Waals surface area contributed by atoms with Gasteiger partial charge in [0.15, 0.2) is 7.28 Å². The van der Waals surface area contributed by atoms with Crippen molar-refractivity contribution in [3.8, 4) is 28.5 Å². The van der Waals surface area contributed by atoms with Crippen LogP contribution in [-0.2, 0) is 6.54 Å². The van der Waals surface area contributed by atoms with Crippen LogP contribution in [-0.4, -0.2) is 27.7 Å². The van der Waals surface area contributed by atoms with Crippen LogP contribution in [0.15, 0.2) is 47.4 Å². The molecule has 7 nitrogen and oxygen atoms in total. The van der Waals surface area contributed by atoms with Crippen molar-refractivity contribution in [2.75, 3.05) is 0 Å². The van der Waals surface area contributed by atoms with Crippen LogP contribution in [0.4, 0.5) is 0 Å². The molecule has 0 atom stereocenters. The summed E-state index contributed by atoms with van der Waals surface area (Å²) in [6.07, 6.45) is 4.09. The highest BCUT2D eigenvalue weighted by Crippen LogP contribution is 2.36. The molecular formula is C22H18BN6O. The zero-order chi connectivity index (χ0) is 20.7. The van der Waals surface area contributed by atoms with Crippen LogP contribution < -0.4 is 16.8 Å². The third-order valence-corrected chi connectivity index (χ3v) is 5.53. The third-order valence-electron chi connectivity index (χ3n) is 5.53. The Morgan fingerprint density at radius 1 is 1.17 bits per heavy atom. The molecule has 2 aromatic heterocycles. The maximum atomic E-state index is 12.1. The standard InChI is InChI=1S/C22H18BN6O/c24-9-17-14(2-1-3-19(17)23-13-5-6-13)21-18(11-26-28-21)12-4-7-15-16(8-12)20(10-25)27-29-22(15)30/h1-4,7-8,11,13H,5-6,10,25H2,(H,26,28)(H,29,30). The van der Waals surface area contributed by atoms with Gasteiger partial charge in [0.05, 0.1) is 34.6 Å². The molecule has 0 saturated heterocycles. The molecule has 0 aliphatic heterocycles. The highest BCUT2D eigenvalue weighted by Gasteiger charge is 2.25. The van der Waals surface area contributed by atoms with Gasteiger partial charge in [0, 0.05) is 23.1 Å². The van der Waals surface area contributed by atoms with E-state index in [0.29, 0.717) is 27.8 Å². The molecule has 1 aliphatic carbocycles. The van der Waals surface area contributed by atoms with Gasteiger partial charge in [-0.15, -0.1) is 0 Å². The average Bonchev–Trinajstić information content (AvgIpc) is 3.45. The molecule has 2 aromatic carbocycles. The minimum absolute atomic E-state index is 0.215. The second kappa shape index (κ2) is 7.28. The lowest BCUT2D eigenvalue weighted by Crippen LogP contribution is -2.18.